The van der Waals surface area contributed by atoms with Gasteiger partial charge in [0.25, 0.3) is 0 Å². The topological polar surface area (TPSA) is 36.0 Å². The van der Waals surface area contributed by atoms with Crippen molar-refractivity contribution in [2.24, 2.45) is 5.92 Å². The molecule has 36 heavy (non-hydrogen) atoms. The van der Waals surface area contributed by atoms with Gasteiger partial charge in [-0.15, -0.1) is 0 Å². The highest BCUT2D eigenvalue weighted by Gasteiger charge is 2.35. The maximum absolute atomic E-state index is 13.2. The second kappa shape index (κ2) is 11.6. The molecule has 2 atom stereocenters. The van der Waals surface area contributed by atoms with Gasteiger partial charge >= 0.3 is 12.1 Å². The van der Waals surface area contributed by atoms with E-state index in [1.54, 1.807) is 6.07 Å². The summed E-state index contributed by atoms with van der Waals surface area (Å²) in [7, 11) is 1.43. The number of aryl methyl sites for hydroxylation is 1. The van der Waals surface area contributed by atoms with Gasteiger partial charge in [-0.3, -0.25) is 14.6 Å². The van der Waals surface area contributed by atoms with Crippen molar-refractivity contribution in [3.8, 4) is 0 Å². The predicted octanol–water partition coefficient (Wildman–Crippen LogP) is 4.98. The zero-order valence-electron chi connectivity index (χ0n) is 21.1. The summed E-state index contributed by atoms with van der Waals surface area (Å²) in [5.41, 5.74) is 2.56. The van der Waals surface area contributed by atoms with E-state index in [-0.39, 0.29) is 5.97 Å². The molecule has 2 aromatic carbocycles. The van der Waals surface area contributed by atoms with Gasteiger partial charge in [0.05, 0.1) is 12.7 Å². The van der Waals surface area contributed by atoms with E-state index in [1.165, 1.54) is 30.4 Å². The van der Waals surface area contributed by atoms with Gasteiger partial charge < -0.3 is 9.64 Å². The molecule has 2 heterocycles. The molecule has 0 bridgehead atoms. The highest BCUT2D eigenvalue weighted by atomic mass is 19.4. The van der Waals surface area contributed by atoms with Crippen LogP contribution < -0.4 is 4.90 Å². The van der Waals surface area contributed by atoms with Gasteiger partial charge in [-0.1, -0.05) is 35.9 Å². The number of alkyl halides is 3. The van der Waals surface area contributed by atoms with E-state index in [2.05, 4.69) is 41.0 Å². The molecule has 0 spiro atoms. The number of methoxy groups -OCH3 is 1. The second-order valence-corrected chi connectivity index (χ2v) is 10.0. The summed E-state index contributed by atoms with van der Waals surface area (Å²) in [6, 6.07) is 14.6. The van der Waals surface area contributed by atoms with Crippen LogP contribution >= 0.6 is 0 Å². The number of piperidine rings is 1. The summed E-state index contributed by atoms with van der Waals surface area (Å²) in [5.74, 6) is 0.155. The first-order chi connectivity index (χ1) is 17.2. The number of piperazine rings is 1. The molecule has 2 saturated heterocycles. The maximum atomic E-state index is 13.2. The van der Waals surface area contributed by atoms with Crippen LogP contribution in [0.2, 0.25) is 0 Å². The van der Waals surface area contributed by atoms with E-state index in [0.29, 0.717) is 37.2 Å². The fourth-order valence-electron chi connectivity index (χ4n) is 5.55. The summed E-state index contributed by atoms with van der Waals surface area (Å²) >= 11 is 0. The van der Waals surface area contributed by atoms with Gasteiger partial charge in [-0.25, -0.2) is 0 Å². The van der Waals surface area contributed by atoms with Crippen LogP contribution in [0.5, 0.6) is 0 Å². The minimum absolute atomic E-state index is 0.182. The Morgan fingerprint density at radius 1 is 1.03 bits per heavy atom. The van der Waals surface area contributed by atoms with Crippen molar-refractivity contribution in [3.05, 3.63) is 65.2 Å². The first kappa shape index (κ1) is 26.5. The van der Waals surface area contributed by atoms with Crippen LogP contribution in [0.15, 0.2) is 48.5 Å². The quantitative estimate of drug-likeness (QED) is 0.498. The first-order valence-electron chi connectivity index (χ1n) is 12.7. The number of carbonyl (C=O) groups excluding carboxylic acids is 1. The number of nitrogens with zero attached hydrogens (tertiary/aromatic N) is 3. The first-order valence-corrected chi connectivity index (χ1v) is 12.7. The number of esters is 1. The van der Waals surface area contributed by atoms with E-state index in [1.807, 2.05) is 4.90 Å². The number of rotatable bonds is 7. The Labute approximate surface area is 211 Å². The standard InChI is InChI=1S/C28H36F3N3O2/c1-21-6-8-22(9-7-21)19-32-13-12-26(23(20-32)10-11-27(35)36-2)34-16-14-33(15-17-34)25-5-3-4-24(18-25)28(29,30)31/h3-9,18,23,26H,10-17,19-20H2,1-2H3/t23-,26+/m1/s1. The molecule has 4 rings (SSSR count). The average Bonchev–Trinajstić information content (AvgIpc) is 2.88. The van der Waals surface area contributed by atoms with Gasteiger partial charge in [-0.05, 0) is 56.0 Å². The normalized spacial score (nSPS) is 22.0. The number of benzene rings is 2. The van der Waals surface area contributed by atoms with Crippen molar-refractivity contribution in [3.63, 3.8) is 0 Å². The number of hydrogen-bond acceptors (Lipinski definition) is 5. The fraction of sp³-hybridized carbons (Fsp3) is 0.536. The molecule has 0 N–H and O–H groups in total. The Bertz CT molecular complexity index is 1000. The molecule has 0 aromatic heterocycles. The summed E-state index contributed by atoms with van der Waals surface area (Å²) < 4.78 is 44.4. The SMILES string of the molecule is COC(=O)CC[C@@H]1CN(Cc2ccc(C)cc2)CC[C@@H]1N1CCN(c2cccc(C(F)(F)F)c2)CC1. The lowest BCUT2D eigenvalue weighted by atomic mass is 9.86. The molecule has 2 aromatic rings. The van der Waals surface area contributed by atoms with Crippen molar-refractivity contribution in [1.29, 1.82) is 0 Å². The molecule has 5 nitrogen and oxygen atoms in total. The molecule has 2 aliphatic heterocycles. The van der Waals surface area contributed by atoms with Gasteiger partial charge in [0.15, 0.2) is 0 Å². The molecule has 0 radical (unpaired) electrons. The van der Waals surface area contributed by atoms with E-state index in [0.717, 1.165) is 51.6 Å². The van der Waals surface area contributed by atoms with Crippen LogP contribution in [-0.2, 0) is 22.3 Å². The molecular weight excluding hydrogens is 467 g/mol. The number of ether oxygens (including phenoxy) is 1. The summed E-state index contributed by atoms with van der Waals surface area (Å²) in [5, 5.41) is 0. The summed E-state index contributed by atoms with van der Waals surface area (Å²) in [6.45, 7) is 7.87. The van der Waals surface area contributed by atoms with Crippen LogP contribution in [-0.4, -0.2) is 68.2 Å². The lowest BCUT2D eigenvalue weighted by Gasteiger charge is -2.47. The molecule has 196 valence electrons. The van der Waals surface area contributed by atoms with Crippen molar-refractivity contribution < 1.29 is 22.7 Å². The fourth-order valence-corrected chi connectivity index (χ4v) is 5.55. The van der Waals surface area contributed by atoms with Crippen LogP contribution in [0.4, 0.5) is 18.9 Å². The van der Waals surface area contributed by atoms with E-state index >= 15 is 0 Å². The molecule has 0 aliphatic carbocycles. The summed E-state index contributed by atoms with van der Waals surface area (Å²) in [4.78, 5) is 18.9. The molecule has 0 amide bonds. The number of hydrogen-bond donors (Lipinski definition) is 0. The van der Waals surface area contributed by atoms with Gasteiger partial charge in [0, 0.05) is 57.4 Å². The zero-order chi connectivity index (χ0) is 25.7. The predicted molar refractivity (Wildman–Crippen MR) is 135 cm³/mol. The van der Waals surface area contributed by atoms with Gasteiger partial charge in [0.1, 0.15) is 0 Å². The third-order valence-electron chi connectivity index (χ3n) is 7.57. The van der Waals surface area contributed by atoms with Crippen LogP contribution in [0.25, 0.3) is 0 Å². The number of carbonyl (C=O) groups is 1. The van der Waals surface area contributed by atoms with Crippen molar-refractivity contribution >= 4 is 11.7 Å². The Balaban J connectivity index is 1.39. The van der Waals surface area contributed by atoms with E-state index < -0.39 is 11.7 Å². The minimum Gasteiger partial charge on any atom is -0.469 e. The third kappa shape index (κ3) is 6.79. The molecule has 2 aliphatic rings. The average molecular weight is 504 g/mol. The Hall–Kier alpha value is -2.58. The minimum atomic E-state index is -4.34. The molecule has 0 unspecified atom stereocenters. The monoisotopic (exact) mass is 503 g/mol. The van der Waals surface area contributed by atoms with Crippen molar-refractivity contribution in [2.45, 2.75) is 44.9 Å². The lowest BCUT2D eigenvalue weighted by molar-refractivity contribution is -0.141. The Kier molecular flexibility index (Phi) is 8.57. The smallest absolute Gasteiger partial charge is 0.416 e. The number of halogens is 3. The second-order valence-electron chi connectivity index (χ2n) is 10.0. The van der Waals surface area contributed by atoms with E-state index in [4.69, 9.17) is 4.74 Å². The highest BCUT2D eigenvalue weighted by molar-refractivity contribution is 5.69. The van der Waals surface area contributed by atoms with Crippen molar-refractivity contribution in [1.82, 2.24) is 9.80 Å². The Morgan fingerprint density at radius 2 is 1.75 bits per heavy atom. The highest BCUT2D eigenvalue weighted by Crippen LogP contribution is 2.33. The van der Waals surface area contributed by atoms with E-state index in [9.17, 15) is 18.0 Å². The number of likely N-dealkylation sites (tertiary alicyclic amines) is 1. The number of anilines is 1. The molecule has 0 saturated carbocycles. The largest absolute Gasteiger partial charge is 0.469 e. The van der Waals surface area contributed by atoms with Crippen molar-refractivity contribution in [2.75, 3.05) is 51.3 Å². The summed E-state index contributed by atoms with van der Waals surface area (Å²) in [6.07, 6.45) is -2.14. The zero-order valence-corrected chi connectivity index (χ0v) is 21.1. The molecular formula is C28H36F3N3O2. The lowest BCUT2D eigenvalue weighted by Crippen LogP contribution is -2.56. The maximum Gasteiger partial charge on any atom is 0.416 e. The molecule has 8 heteroatoms. The van der Waals surface area contributed by atoms with Crippen LogP contribution in [0, 0.1) is 12.8 Å². The van der Waals surface area contributed by atoms with Gasteiger partial charge in [0.2, 0.25) is 0 Å². The Morgan fingerprint density at radius 3 is 2.42 bits per heavy atom. The molecule has 2 fully saturated rings. The third-order valence-corrected chi connectivity index (χ3v) is 7.57. The van der Waals surface area contributed by atoms with Gasteiger partial charge in [-0.2, -0.15) is 13.2 Å². The van der Waals surface area contributed by atoms with Crippen LogP contribution in [0.3, 0.4) is 0 Å². The van der Waals surface area contributed by atoms with Crippen LogP contribution in [0.1, 0.15) is 36.0 Å².